The second kappa shape index (κ2) is 5.76. The van der Waals surface area contributed by atoms with Crippen LogP contribution in [0.1, 0.15) is 51.4 Å². The van der Waals surface area contributed by atoms with Gasteiger partial charge in [0.15, 0.2) is 0 Å². The summed E-state index contributed by atoms with van der Waals surface area (Å²) < 4.78 is 0. The summed E-state index contributed by atoms with van der Waals surface area (Å²) in [5.74, 6) is -0.157. The molecule has 0 atom stereocenters. The SMILES string of the molecule is CC(C)(C)CC(C)(C)NC(=O)c1cc(S)ccc1Cl. The van der Waals surface area contributed by atoms with Crippen LogP contribution in [0.25, 0.3) is 0 Å². The average molecular weight is 300 g/mol. The molecule has 4 heteroatoms. The lowest BCUT2D eigenvalue weighted by molar-refractivity contribution is 0.0891. The van der Waals surface area contributed by atoms with Crippen LogP contribution < -0.4 is 5.32 Å². The molecule has 1 N–H and O–H groups in total. The molecule has 1 aromatic rings. The number of carbonyl (C=O) groups is 1. The van der Waals surface area contributed by atoms with Gasteiger partial charge < -0.3 is 5.32 Å². The molecule has 106 valence electrons. The van der Waals surface area contributed by atoms with E-state index >= 15 is 0 Å². The van der Waals surface area contributed by atoms with E-state index < -0.39 is 0 Å². The minimum atomic E-state index is -0.286. The summed E-state index contributed by atoms with van der Waals surface area (Å²) >= 11 is 10.3. The first kappa shape index (κ1) is 16.4. The van der Waals surface area contributed by atoms with Gasteiger partial charge in [0.2, 0.25) is 0 Å². The van der Waals surface area contributed by atoms with Crippen molar-refractivity contribution in [3.8, 4) is 0 Å². The molecule has 0 aromatic heterocycles. The molecular weight excluding hydrogens is 278 g/mol. The van der Waals surface area contributed by atoms with Crippen LogP contribution in [-0.4, -0.2) is 11.4 Å². The number of amides is 1. The molecule has 0 heterocycles. The van der Waals surface area contributed by atoms with Crippen LogP contribution in [0.3, 0.4) is 0 Å². The van der Waals surface area contributed by atoms with Crippen molar-refractivity contribution in [2.24, 2.45) is 5.41 Å². The Labute approximate surface area is 126 Å². The van der Waals surface area contributed by atoms with E-state index in [2.05, 4.69) is 38.7 Å². The topological polar surface area (TPSA) is 29.1 Å². The van der Waals surface area contributed by atoms with Gasteiger partial charge in [-0.25, -0.2) is 0 Å². The molecule has 0 saturated heterocycles. The molecule has 0 aliphatic heterocycles. The van der Waals surface area contributed by atoms with Crippen molar-refractivity contribution in [3.05, 3.63) is 28.8 Å². The maximum atomic E-state index is 12.3. The van der Waals surface area contributed by atoms with Crippen molar-refractivity contribution in [1.29, 1.82) is 0 Å². The Morgan fingerprint density at radius 2 is 1.84 bits per heavy atom. The van der Waals surface area contributed by atoms with Gasteiger partial charge in [-0.2, -0.15) is 0 Å². The summed E-state index contributed by atoms with van der Waals surface area (Å²) in [7, 11) is 0. The summed E-state index contributed by atoms with van der Waals surface area (Å²) in [6, 6.07) is 5.14. The number of nitrogens with one attached hydrogen (secondary N) is 1. The first-order valence-corrected chi connectivity index (χ1v) is 7.14. The molecule has 0 radical (unpaired) electrons. The van der Waals surface area contributed by atoms with E-state index in [1.807, 2.05) is 13.8 Å². The predicted octanol–water partition coefficient (Wildman–Crippen LogP) is 4.57. The van der Waals surface area contributed by atoms with Crippen LogP contribution >= 0.6 is 24.2 Å². The fourth-order valence-electron chi connectivity index (χ4n) is 2.43. The van der Waals surface area contributed by atoms with Gasteiger partial charge in [-0.15, -0.1) is 12.6 Å². The third-order valence-electron chi connectivity index (χ3n) is 2.62. The monoisotopic (exact) mass is 299 g/mol. The molecule has 0 bridgehead atoms. The number of hydrogen-bond acceptors (Lipinski definition) is 2. The van der Waals surface area contributed by atoms with Crippen LogP contribution in [-0.2, 0) is 0 Å². The lowest BCUT2D eigenvalue weighted by Crippen LogP contribution is -2.45. The molecule has 2 nitrogen and oxygen atoms in total. The smallest absolute Gasteiger partial charge is 0.253 e. The molecule has 0 fully saturated rings. The quantitative estimate of drug-likeness (QED) is 0.786. The summed E-state index contributed by atoms with van der Waals surface area (Å²) in [6.07, 6.45) is 0.879. The normalized spacial score (nSPS) is 12.4. The average Bonchev–Trinajstić information content (AvgIpc) is 2.16. The first-order valence-electron chi connectivity index (χ1n) is 6.31. The second-order valence-corrected chi connectivity index (χ2v) is 7.66. The van der Waals surface area contributed by atoms with Crippen molar-refractivity contribution in [2.75, 3.05) is 0 Å². The molecule has 0 saturated carbocycles. The Balaban J connectivity index is 2.87. The maximum Gasteiger partial charge on any atom is 0.253 e. The van der Waals surface area contributed by atoms with Crippen molar-refractivity contribution in [1.82, 2.24) is 5.32 Å². The van der Waals surface area contributed by atoms with Crippen molar-refractivity contribution in [3.63, 3.8) is 0 Å². The molecule has 19 heavy (non-hydrogen) atoms. The lowest BCUT2D eigenvalue weighted by Gasteiger charge is -2.33. The maximum absolute atomic E-state index is 12.3. The summed E-state index contributed by atoms with van der Waals surface area (Å²) in [6.45, 7) is 10.5. The Bertz CT molecular complexity index is 478. The zero-order chi connectivity index (χ0) is 14.8. The standard InChI is InChI=1S/C15H22ClNOS/c1-14(2,3)9-15(4,5)17-13(18)11-8-10(19)6-7-12(11)16/h6-8,19H,9H2,1-5H3,(H,17,18). The third-order valence-corrected chi connectivity index (χ3v) is 3.23. The van der Waals surface area contributed by atoms with Crippen molar-refractivity contribution in [2.45, 2.75) is 51.5 Å². The Hall–Kier alpha value is -0.670. The number of thiol groups is 1. The highest BCUT2D eigenvalue weighted by molar-refractivity contribution is 7.80. The molecule has 1 rings (SSSR count). The summed E-state index contributed by atoms with van der Waals surface area (Å²) in [5.41, 5.74) is 0.327. The minimum Gasteiger partial charge on any atom is -0.347 e. The van der Waals surface area contributed by atoms with Crippen molar-refractivity contribution < 1.29 is 4.79 Å². The van der Waals surface area contributed by atoms with E-state index in [9.17, 15) is 4.79 Å². The van der Waals surface area contributed by atoms with Gasteiger partial charge in [-0.1, -0.05) is 32.4 Å². The van der Waals surface area contributed by atoms with Gasteiger partial charge in [0, 0.05) is 10.4 Å². The Morgan fingerprint density at radius 1 is 1.26 bits per heavy atom. The van der Waals surface area contributed by atoms with Crippen LogP contribution in [0.4, 0.5) is 0 Å². The van der Waals surface area contributed by atoms with E-state index in [1.165, 1.54) is 0 Å². The van der Waals surface area contributed by atoms with E-state index in [-0.39, 0.29) is 16.9 Å². The van der Waals surface area contributed by atoms with Gasteiger partial charge in [-0.05, 0) is 43.9 Å². The first-order chi connectivity index (χ1) is 8.50. The summed E-state index contributed by atoms with van der Waals surface area (Å²) in [5, 5.41) is 3.49. The van der Waals surface area contributed by atoms with E-state index in [0.717, 1.165) is 11.3 Å². The molecule has 1 aromatic carbocycles. The molecule has 0 aliphatic rings. The summed E-state index contributed by atoms with van der Waals surface area (Å²) in [4.78, 5) is 13.0. The number of carbonyl (C=O) groups excluding carboxylic acids is 1. The number of rotatable bonds is 3. The zero-order valence-corrected chi connectivity index (χ0v) is 13.8. The van der Waals surface area contributed by atoms with Gasteiger partial charge in [0.25, 0.3) is 5.91 Å². The third kappa shape index (κ3) is 5.45. The highest BCUT2D eigenvalue weighted by Gasteiger charge is 2.27. The predicted molar refractivity (Wildman–Crippen MR) is 84.3 cm³/mol. The minimum absolute atomic E-state index is 0.145. The van der Waals surface area contributed by atoms with Gasteiger partial charge >= 0.3 is 0 Å². The highest BCUT2D eigenvalue weighted by Crippen LogP contribution is 2.28. The van der Waals surface area contributed by atoms with Crippen LogP contribution in [0.5, 0.6) is 0 Å². The number of benzene rings is 1. The van der Waals surface area contributed by atoms with Gasteiger partial charge in [-0.3, -0.25) is 4.79 Å². The van der Waals surface area contributed by atoms with Crippen molar-refractivity contribution >= 4 is 30.1 Å². The van der Waals surface area contributed by atoms with Gasteiger partial charge in [0.05, 0.1) is 10.6 Å². The number of hydrogen-bond donors (Lipinski definition) is 2. The lowest BCUT2D eigenvalue weighted by atomic mass is 9.81. The van der Waals surface area contributed by atoms with Crippen LogP contribution in [0.2, 0.25) is 5.02 Å². The van der Waals surface area contributed by atoms with Crippen LogP contribution in [0, 0.1) is 5.41 Å². The largest absolute Gasteiger partial charge is 0.347 e. The van der Waals surface area contributed by atoms with E-state index in [0.29, 0.717) is 10.6 Å². The molecule has 1 amide bonds. The fraction of sp³-hybridized carbons (Fsp3) is 0.533. The highest BCUT2D eigenvalue weighted by atomic mass is 35.5. The second-order valence-electron chi connectivity index (χ2n) is 6.74. The van der Waals surface area contributed by atoms with Crippen LogP contribution in [0.15, 0.2) is 23.1 Å². The van der Waals surface area contributed by atoms with E-state index in [1.54, 1.807) is 18.2 Å². The fourth-order valence-corrected chi connectivity index (χ4v) is 2.84. The Kier molecular flexibility index (Phi) is 4.97. The zero-order valence-electron chi connectivity index (χ0n) is 12.2. The molecule has 0 unspecified atom stereocenters. The Morgan fingerprint density at radius 3 is 2.37 bits per heavy atom. The molecule has 0 spiro atoms. The number of halogens is 1. The molecular formula is C15H22ClNOS. The van der Waals surface area contributed by atoms with Gasteiger partial charge in [0.1, 0.15) is 0 Å². The molecule has 0 aliphatic carbocycles. The van der Waals surface area contributed by atoms with E-state index in [4.69, 9.17) is 11.6 Å².